The van der Waals surface area contributed by atoms with Crippen molar-refractivity contribution in [2.45, 2.75) is 25.8 Å². The molecule has 2 N–H and O–H groups in total. The molecule has 1 aromatic rings. The molecule has 0 fully saturated rings. The van der Waals surface area contributed by atoms with Crippen LogP contribution < -0.4 is 10.6 Å². The second kappa shape index (κ2) is 5.83. The number of amides is 1. The summed E-state index contributed by atoms with van der Waals surface area (Å²) in [5.74, 6) is -0.681. The van der Waals surface area contributed by atoms with E-state index in [2.05, 4.69) is 17.9 Å². The van der Waals surface area contributed by atoms with Gasteiger partial charge >= 0.3 is 0 Å². The van der Waals surface area contributed by atoms with E-state index in [4.69, 9.17) is 5.73 Å². The molecule has 6 heteroatoms. The van der Waals surface area contributed by atoms with Crippen LogP contribution in [0, 0.1) is 0 Å². The van der Waals surface area contributed by atoms with Gasteiger partial charge in [-0.3, -0.25) is 4.79 Å². The van der Waals surface area contributed by atoms with Crippen LogP contribution in [0.2, 0.25) is 0 Å². The predicted octanol–water partition coefficient (Wildman–Crippen LogP) is 0.728. The normalized spacial score (nSPS) is 18.1. The Morgan fingerprint density at radius 3 is 2.75 bits per heavy atom. The molecule has 110 valence electrons. The maximum Gasteiger partial charge on any atom is 0.218 e. The molecule has 5 nitrogen and oxygen atoms in total. The van der Waals surface area contributed by atoms with E-state index < -0.39 is 15.7 Å². The van der Waals surface area contributed by atoms with E-state index in [1.54, 1.807) is 0 Å². The van der Waals surface area contributed by atoms with Gasteiger partial charge in [-0.05, 0) is 25.0 Å². The molecule has 0 aromatic heterocycles. The van der Waals surface area contributed by atoms with Crippen molar-refractivity contribution in [2.24, 2.45) is 5.73 Å². The summed E-state index contributed by atoms with van der Waals surface area (Å²) in [6.45, 7) is 2.55. The largest absolute Gasteiger partial charge is 0.370 e. The molecule has 20 heavy (non-hydrogen) atoms. The van der Waals surface area contributed by atoms with E-state index in [9.17, 15) is 13.2 Å². The lowest BCUT2D eigenvalue weighted by Gasteiger charge is -2.24. The zero-order valence-corrected chi connectivity index (χ0v) is 12.4. The average Bonchev–Trinajstić information content (AvgIpc) is 2.70. The Labute approximate surface area is 119 Å². The maximum absolute atomic E-state index is 11.9. The van der Waals surface area contributed by atoms with Gasteiger partial charge in [0.05, 0.1) is 11.5 Å². The number of nitrogens with two attached hydrogens (primary N) is 1. The quantitative estimate of drug-likeness (QED) is 0.839. The molecule has 1 heterocycles. The number of hydrogen-bond acceptors (Lipinski definition) is 4. The number of anilines is 1. The summed E-state index contributed by atoms with van der Waals surface area (Å²) in [6, 6.07) is 8.37. The van der Waals surface area contributed by atoms with Crippen molar-refractivity contribution in [1.82, 2.24) is 0 Å². The molecule has 1 aromatic carbocycles. The Bertz CT molecular complexity index is 598. The van der Waals surface area contributed by atoms with Crippen LogP contribution in [0.15, 0.2) is 24.3 Å². The van der Waals surface area contributed by atoms with Crippen molar-refractivity contribution in [3.8, 4) is 0 Å². The van der Waals surface area contributed by atoms with Crippen LogP contribution in [0.4, 0.5) is 5.69 Å². The second-order valence-electron chi connectivity index (χ2n) is 5.24. The lowest BCUT2D eigenvalue weighted by molar-refractivity contribution is -0.117. The third-order valence-electron chi connectivity index (χ3n) is 3.65. The fourth-order valence-electron chi connectivity index (χ4n) is 2.57. The number of sulfone groups is 1. The van der Waals surface area contributed by atoms with Crippen LogP contribution in [0.1, 0.15) is 18.9 Å². The summed E-state index contributed by atoms with van der Waals surface area (Å²) in [5, 5.41) is 0. The van der Waals surface area contributed by atoms with E-state index in [-0.39, 0.29) is 17.9 Å². The van der Waals surface area contributed by atoms with Gasteiger partial charge in [0.2, 0.25) is 5.91 Å². The molecule has 1 amide bonds. The first kappa shape index (κ1) is 14.8. The van der Waals surface area contributed by atoms with Gasteiger partial charge in [-0.1, -0.05) is 18.2 Å². The lowest BCUT2D eigenvalue weighted by Crippen LogP contribution is -2.34. The molecule has 2 rings (SSSR count). The molecule has 0 spiro atoms. The van der Waals surface area contributed by atoms with E-state index >= 15 is 0 Å². The molecule has 0 radical (unpaired) electrons. The highest BCUT2D eigenvalue weighted by atomic mass is 32.2. The van der Waals surface area contributed by atoms with Crippen molar-refractivity contribution in [1.29, 1.82) is 0 Å². The molecule has 0 saturated carbocycles. The highest BCUT2D eigenvalue weighted by Crippen LogP contribution is 2.31. The number of para-hydroxylation sites is 1. The topological polar surface area (TPSA) is 80.5 Å². The van der Waals surface area contributed by atoms with Gasteiger partial charge in [0, 0.05) is 24.7 Å². The monoisotopic (exact) mass is 296 g/mol. The second-order valence-corrected chi connectivity index (χ2v) is 7.55. The van der Waals surface area contributed by atoms with Gasteiger partial charge in [-0.2, -0.15) is 0 Å². The first-order valence-corrected chi connectivity index (χ1v) is 8.54. The van der Waals surface area contributed by atoms with E-state index in [0.29, 0.717) is 12.6 Å². The number of primary amides is 1. The number of nitrogens with zero attached hydrogens (tertiary/aromatic N) is 1. The first-order valence-electron chi connectivity index (χ1n) is 6.72. The molecule has 0 aliphatic carbocycles. The molecule has 1 atom stereocenters. The zero-order valence-electron chi connectivity index (χ0n) is 11.6. The number of rotatable bonds is 6. The van der Waals surface area contributed by atoms with Crippen molar-refractivity contribution in [2.75, 3.05) is 23.0 Å². The minimum Gasteiger partial charge on any atom is -0.370 e. The van der Waals surface area contributed by atoms with E-state index in [1.165, 1.54) is 5.56 Å². The molecule has 0 unspecified atom stereocenters. The molecule has 0 saturated heterocycles. The Morgan fingerprint density at radius 1 is 1.35 bits per heavy atom. The molecule has 1 aliphatic heterocycles. The van der Waals surface area contributed by atoms with Gasteiger partial charge in [-0.15, -0.1) is 0 Å². The van der Waals surface area contributed by atoms with Crippen LogP contribution in [0.25, 0.3) is 0 Å². The number of carbonyl (C=O) groups excluding carboxylic acids is 1. The standard InChI is InChI=1S/C14H20N2O3S/c1-11-10-12-4-2-3-5-13(12)16(11)7-9-20(18,19)8-6-14(15)17/h2-5,11H,6-10H2,1H3,(H2,15,17)/t11-/m0/s1. The summed E-state index contributed by atoms with van der Waals surface area (Å²) >= 11 is 0. The van der Waals surface area contributed by atoms with Gasteiger partial charge in [0.1, 0.15) is 0 Å². The van der Waals surface area contributed by atoms with Crippen LogP contribution in [-0.4, -0.2) is 38.4 Å². The van der Waals surface area contributed by atoms with E-state index in [0.717, 1.165) is 12.1 Å². The Kier molecular flexibility index (Phi) is 4.32. The lowest BCUT2D eigenvalue weighted by atomic mass is 10.1. The maximum atomic E-state index is 11.9. The Hall–Kier alpha value is -1.56. The minimum absolute atomic E-state index is 0.0545. The highest BCUT2D eigenvalue weighted by molar-refractivity contribution is 7.91. The van der Waals surface area contributed by atoms with Crippen LogP contribution in [-0.2, 0) is 21.1 Å². The zero-order chi connectivity index (χ0) is 14.8. The molecular formula is C14H20N2O3S. The number of benzene rings is 1. The highest BCUT2D eigenvalue weighted by Gasteiger charge is 2.26. The number of hydrogen-bond donors (Lipinski definition) is 1. The van der Waals surface area contributed by atoms with Crippen LogP contribution in [0.3, 0.4) is 0 Å². The van der Waals surface area contributed by atoms with Crippen LogP contribution in [0.5, 0.6) is 0 Å². The average molecular weight is 296 g/mol. The van der Waals surface area contributed by atoms with Crippen molar-refractivity contribution < 1.29 is 13.2 Å². The predicted molar refractivity (Wildman–Crippen MR) is 79.4 cm³/mol. The smallest absolute Gasteiger partial charge is 0.218 e. The van der Waals surface area contributed by atoms with Gasteiger partial charge in [0.25, 0.3) is 0 Å². The summed E-state index contributed by atoms with van der Waals surface area (Å²) in [6.07, 6.45) is 0.839. The fraction of sp³-hybridized carbons (Fsp3) is 0.500. The minimum atomic E-state index is -3.23. The van der Waals surface area contributed by atoms with Gasteiger partial charge in [-0.25, -0.2) is 8.42 Å². The molecule has 0 bridgehead atoms. The fourth-order valence-corrected chi connectivity index (χ4v) is 3.76. The summed E-state index contributed by atoms with van der Waals surface area (Å²) in [7, 11) is -3.23. The van der Waals surface area contributed by atoms with Crippen molar-refractivity contribution >= 4 is 21.4 Å². The molecular weight excluding hydrogens is 276 g/mol. The van der Waals surface area contributed by atoms with Crippen LogP contribution >= 0.6 is 0 Å². The van der Waals surface area contributed by atoms with E-state index in [1.807, 2.05) is 18.2 Å². The van der Waals surface area contributed by atoms with Crippen molar-refractivity contribution in [3.05, 3.63) is 29.8 Å². The summed E-state index contributed by atoms with van der Waals surface area (Å²) < 4.78 is 23.8. The first-order chi connectivity index (χ1) is 9.39. The number of fused-ring (bicyclic) bond motifs is 1. The van der Waals surface area contributed by atoms with Gasteiger partial charge < -0.3 is 10.6 Å². The third kappa shape index (κ3) is 3.50. The van der Waals surface area contributed by atoms with Crippen molar-refractivity contribution in [3.63, 3.8) is 0 Å². The Balaban J connectivity index is 1.99. The third-order valence-corrected chi connectivity index (χ3v) is 5.28. The summed E-state index contributed by atoms with van der Waals surface area (Å²) in [5.41, 5.74) is 7.36. The SMILES string of the molecule is C[C@H]1Cc2ccccc2N1CCS(=O)(=O)CCC(N)=O. The summed E-state index contributed by atoms with van der Waals surface area (Å²) in [4.78, 5) is 12.8. The Morgan fingerprint density at radius 2 is 2.05 bits per heavy atom. The van der Waals surface area contributed by atoms with Gasteiger partial charge in [0.15, 0.2) is 9.84 Å². The molecule has 1 aliphatic rings. The number of carbonyl (C=O) groups is 1.